The standard InChI is InChI=1S/C23H23F3N4O2.C19H17F3N4O3/c1-32-19-7-5-14(23(24,25)26)10-17(19)30-22-20-15-9-13(18(31)8-12-2-3-12)4-6-16(15)29-21(20)27-11-28-22;1-29-14-5-3-10(19(20,21)22)7-13(14)26-17-15-11-6-9(18(27)28)2-4-12(11)25-16(15)23-8-24-17/h5,7,10-13H,2-4,6,8-9H2,1H3,(H2,27,28,29,30);3,5,7-9H,2,4,6H2,1H3,(H,27,28)(H2,23,24,25,26). The number of aromatic nitrogens is 6. The molecule has 0 bridgehead atoms. The van der Waals surface area contributed by atoms with E-state index in [1.807, 2.05) is 0 Å². The van der Waals surface area contributed by atoms with E-state index < -0.39 is 35.4 Å². The first-order valence-electron chi connectivity index (χ1n) is 19.6. The Kier molecular flexibility index (Phi) is 11.0. The highest BCUT2D eigenvalue weighted by Crippen LogP contribution is 2.42. The van der Waals surface area contributed by atoms with E-state index in [0.29, 0.717) is 71.7 Å². The Morgan fingerprint density at radius 2 is 1.16 bits per heavy atom. The summed E-state index contributed by atoms with van der Waals surface area (Å²) < 4.78 is 89.6. The Labute approximate surface area is 343 Å². The molecule has 13 nitrogen and oxygen atoms in total. The van der Waals surface area contributed by atoms with Crippen LogP contribution in [0.25, 0.3) is 22.1 Å². The van der Waals surface area contributed by atoms with Gasteiger partial charge < -0.3 is 35.2 Å². The van der Waals surface area contributed by atoms with Crippen molar-refractivity contribution in [2.24, 2.45) is 17.8 Å². The molecule has 0 aliphatic heterocycles. The Balaban J connectivity index is 0.000000169. The van der Waals surface area contributed by atoms with Gasteiger partial charge in [-0.2, -0.15) is 26.3 Å². The maximum Gasteiger partial charge on any atom is 0.416 e. The van der Waals surface area contributed by atoms with Crippen LogP contribution >= 0.6 is 0 Å². The quantitative estimate of drug-likeness (QED) is 0.0830. The lowest BCUT2D eigenvalue weighted by Crippen LogP contribution is -2.22. The highest BCUT2D eigenvalue weighted by Gasteiger charge is 2.35. The van der Waals surface area contributed by atoms with Crippen molar-refractivity contribution in [2.45, 2.75) is 70.1 Å². The number of carbonyl (C=O) groups excluding carboxylic acids is 1. The molecule has 9 rings (SSSR count). The number of halogens is 6. The molecule has 2 aromatic carbocycles. The molecule has 6 aromatic rings. The first-order chi connectivity index (χ1) is 29.1. The number of nitrogens with one attached hydrogen (secondary N) is 4. The zero-order chi connectivity index (χ0) is 43.2. The number of rotatable bonds is 10. The average Bonchev–Trinajstić information content (AvgIpc) is 3.84. The summed E-state index contributed by atoms with van der Waals surface area (Å²) in [6.45, 7) is 0. The Morgan fingerprint density at radius 1 is 0.705 bits per heavy atom. The van der Waals surface area contributed by atoms with Gasteiger partial charge >= 0.3 is 18.3 Å². The molecule has 0 saturated heterocycles. The summed E-state index contributed by atoms with van der Waals surface area (Å²) in [5.41, 5.74) is 3.38. The summed E-state index contributed by atoms with van der Waals surface area (Å²) in [6.07, 6.45) is 0.0565. The number of carboxylic acids is 1. The number of hydrogen-bond acceptors (Lipinski definition) is 10. The second kappa shape index (κ2) is 16.2. The van der Waals surface area contributed by atoms with Crippen molar-refractivity contribution >= 4 is 56.8 Å². The molecule has 4 heterocycles. The highest BCUT2D eigenvalue weighted by atomic mass is 19.4. The summed E-state index contributed by atoms with van der Waals surface area (Å²) in [5, 5.41) is 16.6. The maximum absolute atomic E-state index is 13.3. The first kappa shape index (κ1) is 41.3. The lowest BCUT2D eigenvalue weighted by molar-refractivity contribution is -0.142. The number of hydrogen-bond donors (Lipinski definition) is 5. The molecule has 3 aliphatic rings. The third kappa shape index (κ3) is 8.63. The van der Waals surface area contributed by atoms with Crippen molar-refractivity contribution in [3.05, 3.63) is 82.7 Å². The van der Waals surface area contributed by atoms with Crippen LogP contribution in [0.2, 0.25) is 0 Å². The fourth-order valence-electron chi connectivity index (χ4n) is 8.15. The van der Waals surface area contributed by atoms with Gasteiger partial charge in [-0.25, -0.2) is 19.9 Å². The van der Waals surface area contributed by atoms with Crippen LogP contribution < -0.4 is 20.1 Å². The Hall–Kier alpha value is -6.40. The van der Waals surface area contributed by atoms with E-state index >= 15 is 0 Å². The number of carbonyl (C=O) groups is 2. The number of anilines is 4. The second-order valence-corrected chi connectivity index (χ2v) is 15.5. The van der Waals surface area contributed by atoms with E-state index in [4.69, 9.17) is 9.47 Å². The molecule has 2 unspecified atom stereocenters. The van der Waals surface area contributed by atoms with Gasteiger partial charge in [0.1, 0.15) is 52.9 Å². The number of fused-ring (bicyclic) bond motifs is 6. The van der Waals surface area contributed by atoms with E-state index in [-0.39, 0.29) is 34.6 Å². The third-order valence-electron chi connectivity index (χ3n) is 11.5. The molecule has 0 radical (unpaired) electrons. The van der Waals surface area contributed by atoms with Crippen LogP contribution in [0.1, 0.15) is 65.7 Å². The van der Waals surface area contributed by atoms with Crippen molar-refractivity contribution in [2.75, 3.05) is 24.9 Å². The summed E-state index contributed by atoms with van der Waals surface area (Å²) in [4.78, 5) is 47.6. The number of nitrogens with zero attached hydrogens (tertiary/aromatic N) is 4. The number of aliphatic carboxylic acids is 1. The molecule has 3 aliphatic carbocycles. The van der Waals surface area contributed by atoms with Crippen LogP contribution in [0.5, 0.6) is 11.5 Å². The molecule has 0 amide bonds. The molecule has 2 atom stereocenters. The minimum absolute atomic E-state index is 0.0433. The largest absolute Gasteiger partial charge is 0.495 e. The van der Waals surface area contributed by atoms with Gasteiger partial charge in [0.05, 0.1) is 53.4 Å². The fourth-order valence-corrected chi connectivity index (χ4v) is 8.15. The summed E-state index contributed by atoms with van der Waals surface area (Å²) >= 11 is 0. The zero-order valence-electron chi connectivity index (χ0n) is 32.9. The molecular weight excluding hydrogens is 811 g/mol. The number of Topliss-reactive ketones (excluding diaryl/α,β-unsaturated/α-hetero) is 1. The molecular formula is C42H40F6N8O5. The highest BCUT2D eigenvalue weighted by molar-refractivity contribution is 5.96. The van der Waals surface area contributed by atoms with Gasteiger partial charge in [0.25, 0.3) is 0 Å². The Bertz CT molecular complexity index is 2640. The van der Waals surface area contributed by atoms with E-state index in [0.717, 1.165) is 72.5 Å². The van der Waals surface area contributed by atoms with E-state index in [1.54, 1.807) is 0 Å². The average molecular weight is 851 g/mol. The van der Waals surface area contributed by atoms with Gasteiger partial charge in [0.2, 0.25) is 0 Å². The topological polar surface area (TPSA) is 180 Å². The minimum atomic E-state index is -4.51. The van der Waals surface area contributed by atoms with Crippen LogP contribution in [0, 0.1) is 17.8 Å². The maximum atomic E-state index is 13.3. The van der Waals surface area contributed by atoms with Crippen molar-refractivity contribution in [3.63, 3.8) is 0 Å². The third-order valence-corrected chi connectivity index (χ3v) is 11.5. The molecule has 0 spiro atoms. The van der Waals surface area contributed by atoms with Crippen LogP contribution in [0.15, 0.2) is 49.1 Å². The second-order valence-electron chi connectivity index (χ2n) is 15.5. The molecule has 61 heavy (non-hydrogen) atoms. The number of alkyl halides is 6. The number of ketones is 1. The van der Waals surface area contributed by atoms with E-state index in [9.17, 15) is 41.0 Å². The predicted molar refractivity (Wildman–Crippen MR) is 211 cm³/mol. The Morgan fingerprint density at radius 3 is 1.59 bits per heavy atom. The van der Waals surface area contributed by atoms with Crippen molar-refractivity contribution in [3.8, 4) is 11.5 Å². The van der Waals surface area contributed by atoms with Crippen LogP contribution in [0.3, 0.4) is 0 Å². The number of aryl methyl sites for hydroxylation is 2. The molecule has 5 N–H and O–H groups in total. The molecule has 19 heteroatoms. The number of aromatic amines is 2. The van der Waals surface area contributed by atoms with Crippen LogP contribution in [-0.4, -0.2) is 61.0 Å². The summed E-state index contributed by atoms with van der Waals surface area (Å²) in [6, 6.07) is 6.39. The smallest absolute Gasteiger partial charge is 0.416 e. The minimum Gasteiger partial charge on any atom is -0.495 e. The van der Waals surface area contributed by atoms with E-state index in [2.05, 4.69) is 40.5 Å². The number of benzene rings is 2. The normalized spacial score (nSPS) is 17.5. The zero-order valence-corrected chi connectivity index (χ0v) is 32.9. The fraction of sp³-hybridized carbons (Fsp3) is 0.381. The monoisotopic (exact) mass is 850 g/mol. The number of ether oxygens (including phenoxy) is 2. The lowest BCUT2D eigenvalue weighted by Gasteiger charge is -2.22. The van der Waals surface area contributed by atoms with Crippen LogP contribution in [0.4, 0.5) is 49.4 Å². The van der Waals surface area contributed by atoms with Crippen LogP contribution in [-0.2, 0) is 47.6 Å². The summed E-state index contributed by atoms with van der Waals surface area (Å²) in [5.74, 6) is 0.562. The van der Waals surface area contributed by atoms with Gasteiger partial charge in [0.15, 0.2) is 0 Å². The number of methoxy groups -OCH3 is 2. The molecule has 1 fully saturated rings. The lowest BCUT2D eigenvalue weighted by atomic mass is 9.82. The van der Waals surface area contributed by atoms with Crippen molar-refractivity contribution in [1.29, 1.82) is 0 Å². The van der Waals surface area contributed by atoms with E-state index in [1.165, 1.54) is 39.0 Å². The predicted octanol–water partition coefficient (Wildman–Crippen LogP) is 9.12. The molecule has 320 valence electrons. The van der Waals surface area contributed by atoms with Crippen molar-refractivity contribution < 1.29 is 50.5 Å². The van der Waals surface area contributed by atoms with Crippen molar-refractivity contribution in [1.82, 2.24) is 29.9 Å². The molecule has 4 aromatic heterocycles. The number of carboxylic acid groups (broad SMARTS) is 1. The van der Waals surface area contributed by atoms with Gasteiger partial charge in [-0.05, 0) is 105 Å². The molecule has 1 saturated carbocycles. The SMILES string of the molecule is COc1ccc(C(F)(F)F)cc1Nc1ncnc2[nH]c3c(c12)CC(C(=O)CC1CC1)CC3.COc1ccc(C(F)(F)F)cc1Nc1ncnc2[nH]c3c(c12)CC(C(=O)O)CC3. The van der Waals surface area contributed by atoms with Gasteiger partial charge in [-0.1, -0.05) is 0 Å². The summed E-state index contributed by atoms with van der Waals surface area (Å²) in [7, 11) is 2.76. The number of H-pyrrole nitrogens is 2. The van der Waals surface area contributed by atoms with Gasteiger partial charge in [-0.15, -0.1) is 0 Å². The first-order valence-corrected chi connectivity index (χ1v) is 19.6. The van der Waals surface area contributed by atoms with Gasteiger partial charge in [-0.3, -0.25) is 9.59 Å². The van der Waals surface area contributed by atoms with Gasteiger partial charge in [0, 0.05) is 23.7 Å².